The molecule has 326 valence electrons. The van der Waals surface area contributed by atoms with Gasteiger partial charge in [0.25, 0.3) is 0 Å². The number of carbonyl (C=O) groups is 1. The predicted octanol–water partition coefficient (Wildman–Crippen LogP) is 10.8. The Hall–Kier alpha value is -0.950. The fraction of sp³-hybridized carbons (Fsp3) is 0.941. The Kier molecular flexibility index (Phi) is 12.9. The number of carboxylic acid groups (broad SMARTS) is 1. The van der Waals surface area contributed by atoms with Crippen LogP contribution in [0.3, 0.4) is 0 Å². The van der Waals surface area contributed by atoms with Gasteiger partial charge >= 0.3 is 5.97 Å². The molecule has 0 unspecified atom stereocenters. The van der Waals surface area contributed by atoms with Gasteiger partial charge in [-0.05, 0) is 195 Å². The molecule has 0 radical (unpaired) electrons. The lowest BCUT2D eigenvalue weighted by molar-refractivity contribution is -0.207. The van der Waals surface area contributed by atoms with Crippen LogP contribution < -0.4 is 0 Å². The topological polar surface area (TPSA) is 118 Å². The number of hydrogen-bond donors (Lipinski definition) is 5. The molecule has 0 amide bonds. The van der Waals surface area contributed by atoms with Crippen LogP contribution in [0.25, 0.3) is 0 Å². The van der Waals surface area contributed by atoms with Gasteiger partial charge in [-0.3, -0.25) is 4.79 Å². The lowest BCUT2D eigenvalue weighted by Crippen LogP contribution is -2.62. The molecule has 0 saturated heterocycles. The van der Waals surface area contributed by atoms with E-state index < -0.39 is 12.1 Å². The molecule has 0 aromatic heterocycles. The van der Waals surface area contributed by atoms with E-state index in [1.54, 1.807) is 5.57 Å². The Morgan fingerprint density at radius 3 is 2.09 bits per heavy atom. The van der Waals surface area contributed by atoms with Gasteiger partial charge in [0.2, 0.25) is 0 Å². The molecule has 5 N–H and O–H groups in total. The largest absolute Gasteiger partial charge is 0.481 e. The van der Waals surface area contributed by atoms with Crippen LogP contribution in [-0.2, 0) is 4.79 Å². The minimum atomic E-state index is -0.748. The Labute approximate surface area is 347 Å². The van der Waals surface area contributed by atoms with E-state index in [9.17, 15) is 25.2 Å². The first-order valence-corrected chi connectivity index (χ1v) is 24.5. The first kappa shape index (κ1) is 44.1. The van der Waals surface area contributed by atoms with Gasteiger partial charge in [-0.25, -0.2) is 0 Å². The van der Waals surface area contributed by atoms with Crippen LogP contribution in [0.5, 0.6) is 0 Å². The molecule has 8 aliphatic carbocycles. The standard InChI is InChI=1S/C27H46O.C24H40O5/c1-18(2)7-6-8-19(3)23-11-12-24-22-10-9-20-17-21(28)13-15-26(20,4)25(22)14-16-27(23,24)5;1-13(4-7-21(28)29)16-5-6-17-22-18(12-20(27)24(16,17)3)23(2)9-8-15(25)10-14(23)11-19(22)26/h9,18-19,21-25,28H,6-8,10-17H2,1-5H3;13-20,22,25-27H,4-12H2,1-3H3,(H,28,29)/t19-,21+,22+,23-,24+,25+,26+,27-;13-,14+,15-,16-,17+,18+,19-,20+,22+,23+,24-/m11/s1. The molecule has 8 rings (SSSR count). The van der Waals surface area contributed by atoms with E-state index in [0.717, 1.165) is 93.3 Å². The monoisotopic (exact) mass is 795 g/mol. The first-order valence-electron chi connectivity index (χ1n) is 24.5. The zero-order valence-electron chi connectivity index (χ0n) is 37.6. The van der Waals surface area contributed by atoms with Gasteiger partial charge in [-0.1, -0.05) is 86.3 Å². The maximum atomic E-state index is 11.5. The summed E-state index contributed by atoms with van der Waals surface area (Å²) >= 11 is 0. The zero-order valence-corrected chi connectivity index (χ0v) is 37.6. The number of carboxylic acids is 1. The van der Waals surface area contributed by atoms with Crippen LogP contribution in [-0.4, -0.2) is 55.9 Å². The fourth-order valence-corrected chi connectivity index (χ4v) is 17.4. The molecule has 7 fully saturated rings. The average Bonchev–Trinajstić information content (AvgIpc) is 3.70. The van der Waals surface area contributed by atoms with Gasteiger partial charge in [0.15, 0.2) is 0 Å². The summed E-state index contributed by atoms with van der Waals surface area (Å²) < 4.78 is 0. The maximum Gasteiger partial charge on any atom is 0.303 e. The molecule has 8 aliphatic rings. The SMILES string of the molecule is CC(C)CCC[C@@H](C)[C@H]1CC[C@H]2[C@@H]3CC=C4C[C@@H](O)CC[C@]4(C)[C@H]3CC[C@]12C.C[C@H](CCC(=O)O)[C@H]1CC[C@H]2[C@@H]3[C@H](O)C[C@@H]4C[C@H](O)CC[C@]4(C)[C@H]3C[C@H](O)[C@]12C. The summed E-state index contributed by atoms with van der Waals surface area (Å²) in [6.07, 6.45) is 23.2. The molecular formula is C51H86O6. The van der Waals surface area contributed by atoms with Crippen LogP contribution in [0.1, 0.15) is 184 Å². The Morgan fingerprint density at radius 1 is 0.702 bits per heavy atom. The third-order valence-corrected chi connectivity index (χ3v) is 20.6. The van der Waals surface area contributed by atoms with E-state index in [-0.39, 0.29) is 47.4 Å². The lowest BCUT2D eigenvalue weighted by atomic mass is 9.43. The zero-order chi connectivity index (χ0) is 41.2. The minimum Gasteiger partial charge on any atom is -0.481 e. The highest BCUT2D eigenvalue weighted by molar-refractivity contribution is 5.66. The van der Waals surface area contributed by atoms with Crippen molar-refractivity contribution in [3.63, 3.8) is 0 Å². The molecule has 19 atom stereocenters. The molecule has 0 spiro atoms. The minimum absolute atomic E-state index is 0.0766. The van der Waals surface area contributed by atoms with Gasteiger partial charge in [-0.15, -0.1) is 0 Å². The van der Waals surface area contributed by atoms with Gasteiger partial charge in [-0.2, -0.15) is 0 Å². The van der Waals surface area contributed by atoms with Crippen LogP contribution in [0.4, 0.5) is 0 Å². The molecule has 57 heavy (non-hydrogen) atoms. The van der Waals surface area contributed by atoms with Crippen LogP contribution in [0, 0.1) is 92.7 Å². The summed E-state index contributed by atoms with van der Waals surface area (Å²) in [6.45, 7) is 19.3. The van der Waals surface area contributed by atoms with E-state index in [1.165, 1.54) is 57.8 Å². The molecular weight excluding hydrogens is 709 g/mol. The second-order valence-electron chi connectivity index (χ2n) is 23.6. The second kappa shape index (κ2) is 16.7. The highest BCUT2D eigenvalue weighted by atomic mass is 16.4. The van der Waals surface area contributed by atoms with Crippen molar-refractivity contribution in [2.75, 3.05) is 0 Å². The van der Waals surface area contributed by atoms with Gasteiger partial charge in [0, 0.05) is 6.42 Å². The van der Waals surface area contributed by atoms with E-state index in [4.69, 9.17) is 5.11 Å². The van der Waals surface area contributed by atoms with Gasteiger partial charge in [0.1, 0.15) is 0 Å². The van der Waals surface area contributed by atoms with Crippen molar-refractivity contribution in [1.82, 2.24) is 0 Å². The lowest BCUT2D eigenvalue weighted by Gasteiger charge is -2.63. The number of aliphatic hydroxyl groups is 4. The summed E-state index contributed by atoms with van der Waals surface area (Å²) in [4.78, 5) is 11.1. The van der Waals surface area contributed by atoms with Crippen LogP contribution in [0.15, 0.2) is 11.6 Å². The average molecular weight is 795 g/mol. The number of aliphatic carboxylic acids is 1. The van der Waals surface area contributed by atoms with E-state index in [2.05, 4.69) is 61.5 Å². The molecule has 0 aromatic carbocycles. The number of hydrogen-bond acceptors (Lipinski definition) is 5. The Bertz CT molecular complexity index is 1440. The van der Waals surface area contributed by atoms with E-state index in [1.807, 2.05) is 0 Å². The van der Waals surface area contributed by atoms with Crippen molar-refractivity contribution in [2.24, 2.45) is 92.7 Å². The summed E-state index contributed by atoms with van der Waals surface area (Å²) in [5.74, 6) is 6.45. The molecule has 0 aromatic rings. The Balaban J connectivity index is 0.000000174. The second-order valence-corrected chi connectivity index (χ2v) is 23.6. The highest BCUT2D eigenvalue weighted by Crippen LogP contribution is 2.69. The van der Waals surface area contributed by atoms with Crippen molar-refractivity contribution in [1.29, 1.82) is 0 Å². The smallest absolute Gasteiger partial charge is 0.303 e. The van der Waals surface area contributed by atoms with E-state index >= 15 is 0 Å². The quantitative estimate of drug-likeness (QED) is 0.148. The van der Waals surface area contributed by atoms with Crippen molar-refractivity contribution < 1.29 is 30.3 Å². The maximum absolute atomic E-state index is 11.5. The van der Waals surface area contributed by atoms with E-state index in [0.29, 0.717) is 40.9 Å². The van der Waals surface area contributed by atoms with Gasteiger partial charge in [0.05, 0.1) is 24.4 Å². The molecule has 7 saturated carbocycles. The number of fused-ring (bicyclic) bond motifs is 10. The van der Waals surface area contributed by atoms with Crippen LogP contribution >= 0.6 is 0 Å². The summed E-state index contributed by atoms with van der Waals surface area (Å²) in [5.41, 5.74) is 2.46. The summed E-state index contributed by atoms with van der Waals surface area (Å²) in [5, 5.41) is 52.2. The molecule has 0 aliphatic heterocycles. The fourth-order valence-electron chi connectivity index (χ4n) is 17.4. The highest BCUT2D eigenvalue weighted by Gasteiger charge is 2.66. The van der Waals surface area contributed by atoms with Crippen LogP contribution in [0.2, 0.25) is 0 Å². The van der Waals surface area contributed by atoms with Crippen molar-refractivity contribution in [3.8, 4) is 0 Å². The Morgan fingerprint density at radius 2 is 1.37 bits per heavy atom. The molecule has 0 bridgehead atoms. The van der Waals surface area contributed by atoms with Crippen molar-refractivity contribution >= 4 is 5.97 Å². The van der Waals surface area contributed by atoms with Crippen molar-refractivity contribution in [3.05, 3.63) is 11.6 Å². The third-order valence-electron chi connectivity index (χ3n) is 20.6. The number of aliphatic hydroxyl groups excluding tert-OH is 4. The van der Waals surface area contributed by atoms with Gasteiger partial charge < -0.3 is 25.5 Å². The summed E-state index contributed by atoms with van der Waals surface area (Å²) in [7, 11) is 0. The molecule has 6 nitrogen and oxygen atoms in total. The molecule has 0 heterocycles. The number of rotatable bonds is 9. The third kappa shape index (κ3) is 7.79. The van der Waals surface area contributed by atoms with Crippen molar-refractivity contribution in [2.45, 2.75) is 208 Å². The first-order chi connectivity index (χ1) is 26.8. The normalized spacial score (nSPS) is 49.8. The number of allylic oxidation sites excluding steroid dienone is 1. The summed E-state index contributed by atoms with van der Waals surface area (Å²) in [6, 6.07) is 0. The molecule has 6 heteroatoms. The predicted molar refractivity (Wildman–Crippen MR) is 229 cm³/mol.